The molecule has 2 aromatic rings. The second kappa shape index (κ2) is 13.7. The number of nitrogens with zero attached hydrogens (tertiary/aromatic N) is 2. The van der Waals surface area contributed by atoms with E-state index in [0.717, 1.165) is 11.8 Å². The summed E-state index contributed by atoms with van der Waals surface area (Å²) < 4.78 is 26.3. The molecular formula is C26H34Cl3N3O4S. The minimum Gasteiger partial charge on any atom is -0.354 e. The van der Waals surface area contributed by atoms with Crippen molar-refractivity contribution in [3.05, 3.63) is 62.6 Å². The van der Waals surface area contributed by atoms with Crippen LogP contribution in [0.15, 0.2) is 36.4 Å². The van der Waals surface area contributed by atoms with E-state index in [0.29, 0.717) is 32.9 Å². The number of aryl methyl sites for hydroxylation is 1. The molecule has 11 heteroatoms. The van der Waals surface area contributed by atoms with Crippen molar-refractivity contribution in [1.82, 2.24) is 10.2 Å². The number of sulfonamides is 1. The van der Waals surface area contributed by atoms with Crippen molar-refractivity contribution in [1.29, 1.82) is 0 Å². The van der Waals surface area contributed by atoms with Crippen LogP contribution in [-0.2, 0) is 26.2 Å². The molecule has 0 unspecified atom stereocenters. The Kier molecular flexibility index (Phi) is 11.6. The maximum absolute atomic E-state index is 13.4. The molecule has 0 aromatic heterocycles. The smallest absolute Gasteiger partial charge is 0.242 e. The van der Waals surface area contributed by atoms with Gasteiger partial charge in [-0.05, 0) is 56.0 Å². The van der Waals surface area contributed by atoms with E-state index in [4.69, 9.17) is 34.8 Å². The van der Waals surface area contributed by atoms with Gasteiger partial charge in [-0.3, -0.25) is 13.9 Å². The first-order valence-corrected chi connectivity index (χ1v) is 14.9. The molecule has 0 fully saturated rings. The molecule has 2 aromatic carbocycles. The molecule has 0 aliphatic heterocycles. The molecule has 2 rings (SSSR count). The lowest BCUT2D eigenvalue weighted by Crippen LogP contribution is -2.48. The Balaban J connectivity index is 2.25. The van der Waals surface area contributed by atoms with Gasteiger partial charge >= 0.3 is 0 Å². The first kappa shape index (κ1) is 31.2. The van der Waals surface area contributed by atoms with Crippen LogP contribution in [0.4, 0.5) is 5.69 Å². The Morgan fingerprint density at radius 2 is 1.65 bits per heavy atom. The van der Waals surface area contributed by atoms with Crippen molar-refractivity contribution in [3.8, 4) is 0 Å². The summed E-state index contributed by atoms with van der Waals surface area (Å²) >= 11 is 18.8. The van der Waals surface area contributed by atoms with Crippen LogP contribution >= 0.6 is 34.8 Å². The number of nitrogens with one attached hydrogen (secondary N) is 1. The van der Waals surface area contributed by atoms with Crippen LogP contribution in [0.25, 0.3) is 0 Å². The highest BCUT2D eigenvalue weighted by Gasteiger charge is 2.28. The maximum atomic E-state index is 13.4. The minimum absolute atomic E-state index is 0.00943. The number of anilines is 1. The second-order valence-electron chi connectivity index (χ2n) is 9.41. The predicted molar refractivity (Wildman–Crippen MR) is 152 cm³/mol. The molecule has 1 atom stereocenters. The number of hydrogen-bond acceptors (Lipinski definition) is 4. The third-order valence-electron chi connectivity index (χ3n) is 5.83. The van der Waals surface area contributed by atoms with E-state index in [-0.39, 0.29) is 43.7 Å². The van der Waals surface area contributed by atoms with E-state index in [1.807, 2.05) is 13.8 Å². The van der Waals surface area contributed by atoms with Crippen molar-refractivity contribution >= 4 is 62.3 Å². The Bertz CT molecular complexity index is 1200. The van der Waals surface area contributed by atoms with Gasteiger partial charge in [0.15, 0.2) is 0 Å². The Labute approximate surface area is 235 Å². The summed E-state index contributed by atoms with van der Waals surface area (Å²) in [5.41, 5.74) is 1.74. The van der Waals surface area contributed by atoms with Gasteiger partial charge in [-0.1, -0.05) is 60.8 Å². The third-order valence-corrected chi connectivity index (χ3v) is 7.96. The number of carbonyl (C=O) groups is 2. The van der Waals surface area contributed by atoms with E-state index in [1.54, 1.807) is 50.2 Å². The first-order chi connectivity index (χ1) is 17.2. The quantitative estimate of drug-likeness (QED) is 0.344. The van der Waals surface area contributed by atoms with E-state index in [1.165, 1.54) is 9.21 Å². The average Bonchev–Trinajstić information content (AvgIpc) is 2.80. The minimum atomic E-state index is -3.63. The fraction of sp³-hybridized carbons (Fsp3) is 0.462. The molecule has 0 heterocycles. The van der Waals surface area contributed by atoms with Gasteiger partial charge in [0.1, 0.15) is 6.04 Å². The molecule has 0 saturated heterocycles. The van der Waals surface area contributed by atoms with Gasteiger partial charge in [-0.25, -0.2) is 8.42 Å². The summed E-state index contributed by atoms with van der Waals surface area (Å²) in [5, 5.41) is 4.05. The Morgan fingerprint density at radius 1 is 1.03 bits per heavy atom. The standard InChI is InChI=1S/C26H34Cl3N3O4S/c1-17(2)15-30-26(34)19(4)31(16-21-22(28)8-6-9-23(21)29)25(33)10-7-13-32(37(5,35)36)24-14-20(27)12-11-18(24)3/h6,8-9,11-12,14,17,19H,7,10,13,15-16H2,1-5H3,(H,30,34)/t19-/m1/s1. The van der Waals surface area contributed by atoms with Gasteiger partial charge in [0.25, 0.3) is 0 Å². The lowest BCUT2D eigenvalue weighted by atomic mass is 10.1. The number of rotatable bonds is 12. The van der Waals surface area contributed by atoms with Gasteiger partial charge < -0.3 is 10.2 Å². The van der Waals surface area contributed by atoms with Crippen molar-refractivity contribution < 1.29 is 18.0 Å². The molecule has 2 amide bonds. The number of benzene rings is 2. The average molecular weight is 591 g/mol. The summed E-state index contributed by atoms with van der Waals surface area (Å²) in [5.74, 6) is -0.368. The fourth-order valence-corrected chi connectivity index (χ4v) is 5.42. The topological polar surface area (TPSA) is 86.8 Å². The molecule has 0 radical (unpaired) electrons. The van der Waals surface area contributed by atoms with Crippen molar-refractivity contribution in [2.45, 2.75) is 53.1 Å². The van der Waals surface area contributed by atoms with Gasteiger partial charge in [0, 0.05) is 46.7 Å². The highest BCUT2D eigenvalue weighted by atomic mass is 35.5. The zero-order chi connectivity index (χ0) is 27.9. The molecule has 37 heavy (non-hydrogen) atoms. The number of halogens is 3. The van der Waals surface area contributed by atoms with Crippen LogP contribution in [0.1, 0.15) is 44.7 Å². The lowest BCUT2D eigenvalue weighted by Gasteiger charge is -2.30. The third kappa shape index (κ3) is 9.06. The zero-order valence-corrected chi connectivity index (χ0v) is 24.8. The van der Waals surface area contributed by atoms with Crippen LogP contribution in [0.2, 0.25) is 15.1 Å². The monoisotopic (exact) mass is 589 g/mol. The molecule has 0 saturated carbocycles. The fourth-order valence-electron chi connectivity index (χ4n) is 3.72. The summed E-state index contributed by atoms with van der Waals surface area (Å²) in [6.45, 7) is 7.98. The molecule has 1 N–H and O–H groups in total. The van der Waals surface area contributed by atoms with Gasteiger partial charge in [0.05, 0.1) is 11.9 Å². The molecule has 0 spiro atoms. The number of hydrogen-bond donors (Lipinski definition) is 1. The van der Waals surface area contributed by atoms with E-state index in [2.05, 4.69) is 5.32 Å². The molecular weight excluding hydrogens is 557 g/mol. The molecule has 7 nitrogen and oxygen atoms in total. The molecule has 0 aliphatic carbocycles. The first-order valence-electron chi connectivity index (χ1n) is 12.0. The highest BCUT2D eigenvalue weighted by molar-refractivity contribution is 7.92. The molecule has 204 valence electrons. The second-order valence-corrected chi connectivity index (χ2v) is 12.6. The summed E-state index contributed by atoms with van der Waals surface area (Å²) in [6.07, 6.45) is 1.35. The Morgan fingerprint density at radius 3 is 2.22 bits per heavy atom. The summed E-state index contributed by atoms with van der Waals surface area (Å²) in [7, 11) is -3.63. The van der Waals surface area contributed by atoms with Crippen LogP contribution in [0.5, 0.6) is 0 Å². The van der Waals surface area contributed by atoms with Gasteiger partial charge in [-0.2, -0.15) is 0 Å². The van der Waals surface area contributed by atoms with Crippen LogP contribution in [-0.4, -0.2) is 50.5 Å². The van der Waals surface area contributed by atoms with Gasteiger partial charge in [0.2, 0.25) is 21.8 Å². The number of carbonyl (C=O) groups excluding carboxylic acids is 2. The largest absolute Gasteiger partial charge is 0.354 e. The highest BCUT2D eigenvalue weighted by Crippen LogP contribution is 2.28. The van der Waals surface area contributed by atoms with Crippen molar-refractivity contribution in [2.75, 3.05) is 23.7 Å². The molecule has 0 aliphatic rings. The van der Waals surface area contributed by atoms with Crippen molar-refractivity contribution in [2.24, 2.45) is 5.92 Å². The number of amides is 2. The summed E-state index contributed by atoms with van der Waals surface area (Å²) in [6, 6.07) is 9.28. The van der Waals surface area contributed by atoms with Gasteiger partial charge in [-0.15, -0.1) is 0 Å². The van der Waals surface area contributed by atoms with E-state index < -0.39 is 16.1 Å². The van der Waals surface area contributed by atoms with Crippen LogP contribution in [0.3, 0.4) is 0 Å². The summed E-state index contributed by atoms with van der Waals surface area (Å²) in [4.78, 5) is 27.7. The van der Waals surface area contributed by atoms with Crippen LogP contribution in [0, 0.1) is 12.8 Å². The maximum Gasteiger partial charge on any atom is 0.242 e. The lowest BCUT2D eigenvalue weighted by molar-refractivity contribution is -0.140. The van der Waals surface area contributed by atoms with Crippen molar-refractivity contribution in [3.63, 3.8) is 0 Å². The predicted octanol–water partition coefficient (Wildman–Crippen LogP) is 5.69. The normalized spacial score (nSPS) is 12.4. The molecule has 0 bridgehead atoms. The van der Waals surface area contributed by atoms with E-state index >= 15 is 0 Å². The Hall–Kier alpha value is -2.00. The SMILES string of the molecule is Cc1ccc(Cl)cc1N(CCCC(=O)N(Cc1c(Cl)cccc1Cl)[C@H](C)C(=O)NCC(C)C)S(C)(=O)=O. The van der Waals surface area contributed by atoms with Crippen LogP contribution < -0.4 is 9.62 Å². The zero-order valence-electron chi connectivity index (χ0n) is 21.7. The van der Waals surface area contributed by atoms with E-state index in [9.17, 15) is 18.0 Å².